The van der Waals surface area contributed by atoms with Gasteiger partial charge in [0.05, 0.1) is 29.8 Å². The number of nitro benzene ring substituents is 1. The van der Waals surface area contributed by atoms with Gasteiger partial charge in [-0.2, -0.15) is 0 Å². The van der Waals surface area contributed by atoms with Crippen molar-refractivity contribution < 1.29 is 43.7 Å². The topological polar surface area (TPSA) is 162 Å². The molecule has 2 N–H and O–H groups in total. The molecule has 6 rings (SSSR count). The van der Waals surface area contributed by atoms with E-state index in [0.717, 1.165) is 47.9 Å². The molecule has 3 aromatic carbocycles. The van der Waals surface area contributed by atoms with Gasteiger partial charge in [0.25, 0.3) is 5.69 Å². The predicted octanol–water partition coefficient (Wildman–Crippen LogP) is 9.48. The molecular weight excluding hydrogens is 779 g/mol. The van der Waals surface area contributed by atoms with Gasteiger partial charge < -0.3 is 38.9 Å². The Hall–Kier alpha value is -5.50. The van der Waals surface area contributed by atoms with Crippen molar-refractivity contribution in [3.8, 4) is 17.2 Å². The van der Waals surface area contributed by atoms with Gasteiger partial charge in [0, 0.05) is 50.3 Å². The maximum Gasteiger partial charge on any atom is 0.409 e. The number of hydrogen-bond donors (Lipinski definition) is 2. The molecule has 0 aromatic heterocycles. The lowest BCUT2D eigenvalue weighted by molar-refractivity contribution is -0.384. The van der Waals surface area contributed by atoms with Crippen LogP contribution in [0.2, 0.25) is 0 Å². The highest BCUT2D eigenvalue weighted by molar-refractivity contribution is 6.03. The summed E-state index contributed by atoms with van der Waals surface area (Å²) in [6, 6.07) is 17.2. The third-order valence-corrected chi connectivity index (χ3v) is 12.2. The van der Waals surface area contributed by atoms with Crippen LogP contribution >= 0.6 is 0 Å². The van der Waals surface area contributed by atoms with Crippen LogP contribution in [-0.2, 0) is 20.9 Å². The highest BCUT2D eigenvalue weighted by Gasteiger charge is 2.65. The Labute approximate surface area is 358 Å². The maximum atomic E-state index is 13.9. The Morgan fingerprint density at radius 1 is 0.984 bits per heavy atom. The fraction of sp³-hybridized carbons (Fsp3) is 0.458. The molecule has 1 heterocycles. The van der Waals surface area contributed by atoms with E-state index >= 15 is 0 Å². The molecule has 13 nitrogen and oxygen atoms in total. The number of likely N-dealkylation sites (N-methyl/N-ethyl adjacent to an activating group) is 1. The number of carbonyl (C=O) groups excluding carboxylic acids is 1. The Morgan fingerprint density at radius 2 is 1.70 bits per heavy atom. The standard InChI is InChI=1S/C48H59N3O10/c1-6-8-26-57-47(54)50(5)44-30-42(49-59-31-34-16-18-36(19-17-34)51(55)56)40-28-35(13-9-11-23-52)39(14-10-12-24-53)45-41-29-38(60-37-20-15-32(3)33(4)27-37)21-22-43(41)61-48(44,46(40)45)58-25-7-2/h6-7,15-22,27-29,35,39,44-46,52-53H,1-2,8-14,23-26,30-31H2,3-5H3/t35-,39+,44-,45+,46+,48+/m0/s1. The average molecular weight is 838 g/mol. The van der Waals surface area contributed by atoms with Crippen LogP contribution in [0.3, 0.4) is 0 Å². The number of aliphatic hydroxyl groups is 2. The van der Waals surface area contributed by atoms with Gasteiger partial charge in [0.1, 0.15) is 29.9 Å². The number of benzene rings is 3. The van der Waals surface area contributed by atoms with Gasteiger partial charge in [0.2, 0.25) is 5.79 Å². The summed E-state index contributed by atoms with van der Waals surface area (Å²) in [5.74, 6) is -0.193. The van der Waals surface area contributed by atoms with Gasteiger partial charge in [-0.15, -0.1) is 13.2 Å². The highest BCUT2D eigenvalue weighted by atomic mass is 16.7. The van der Waals surface area contributed by atoms with E-state index in [9.17, 15) is 25.1 Å². The van der Waals surface area contributed by atoms with Gasteiger partial charge in [-0.25, -0.2) is 4.79 Å². The molecule has 0 spiro atoms. The fourth-order valence-corrected chi connectivity index (χ4v) is 9.06. The lowest BCUT2D eigenvalue weighted by Gasteiger charge is -2.59. The third-order valence-electron chi connectivity index (χ3n) is 12.2. The summed E-state index contributed by atoms with van der Waals surface area (Å²) in [6.07, 6.45) is 10.1. The predicted molar refractivity (Wildman–Crippen MR) is 233 cm³/mol. The second kappa shape index (κ2) is 20.8. The van der Waals surface area contributed by atoms with Crippen molar-refractivity contribution in [3.63, 3.8) is 0 Å². The molecule has 0 radical (unpaired) electrons. The number of unbranched alkanes of at least 4 members (excludes halogenated alkanes) is 2. The molecular formula is C48H59N3O10. The number of non-ortho nitro benzene ring substituents is 1. The summed E-state index contributed by atoms with van der Waals surface area (Å²) >= 11 is 0. The van der Waals surface area contributed by atoms with E-state index in [0.29, 0.717) is 47.8 Å². The van der Waals surface area contributed by atoms with Gasteiger partial charge in [-0.05, 0) is 123 Å². The van der Waals surface area contributed by atoms with Crippen molar-refractivity contribution in [2.45, 2.75) is 89.6 Å². The minimum Gasteiger partial charge on any atom is -0.459 e. The molecule has 1 aliphatic heterocycles. The Balaban J connectivity index is 1.53. The van der Waals surface area contributed by atoms with Crippen molar-refractivity contribution in [1.82, 2.24) is 4.90 Å². The first kappa shape index (κ1) is 45.0. The SMILES string of the molecule is C=CCCOC(=O)N(C)[C@H]1CC(=NOCc2ccc([N+](=O)[O-])cc2)C2=C[C@H](CCCCO)[C@@H](CCCCO)[C@@H]3c4cc(Oc5ccc(C)c(C)c5)ccc4O[C@@]1(OCC=C)[C@H]23. The monoisotopic (exact) mass is 837 g/mol. The summed E-state index contributed by atoms with van der Waals surface area (Å²) in [7, 11) is 1.68. The zero-order chi connectivity index (χ0) is 43.5. The van der Waals surface area contributed by atoms with E-state index < -0.39 is 28.8 Å². The first-order chi connectivity index (χ1) is 29.5. The Kier molecular flexibility index (Phi) is 15.4. The minimum atomic E-state index is -1.44. The second-order valence-corrected chi connectivity index (χ2v) is 16.1. The second-order valence-electron chi connectivity index (χ2n) is 16.1. The smallest absolute Gasteiger partial charge is 0.409 e. The third kappa shape index (κ3) is 10.2. The first-order valence-electron chi connectivity index (χ1n) is 21.2. The number of aliphatic hydroxyl groups excluding tert-OH is 2. The number of nitro groups is 1. The number of nitrogens with zero attached hydrogens (tertiary/aromatic N) is 3. The van der Waals surface area contributed by atoms with E-state index in [2.05, 4.69) is 39.1 Å². The lowest BCUT2D eigenvalue weighted by atomic mass is 9.55. The number of carbonyl (C=O) groups is 1. The molecule has 326 valence electrons. The summed E-state index contributed by atoms with van der Waals surface area (Å²) in [4.78, 5) is 32.4. The number of fused-ring (bicyclic) bond motifs is 2. The summed E-state index contributed by atoms with van der Waals surface area (Å²) < 4.78 is 26.4. The van der Waals surface area contributed by atoms with E-state index in [1.54, 1.807) is 31.3 Å². The maximum absolute atomic E-state index is 13.9. The summed E-state index contributed by atoms with van der Waals surface area (Å²) in [5, 5.41) is 35.9. The first-order valence-corrected chi connectivity index (χ1v) is 21.2. The molecule has 0 bridgehead atoms. The van der Waals surface area contributed by atoms with Crippen molar-refractivity contribution >= 4 is 17.5 Å². The summed E-state index contributed by atoms with van der Waals surface area (Å²) in [5.41, 5.74) is 5.37. The molecule has 61 heavy (non-hydrogen) atoms. The number of allylic oxidation sites excluding steroid dienone is 1. The van der Waals surface area contributed by atoms with Crippen molar-refractivity contribution in [2.24, 2.45) is 22.9 Å². The number of rotatable bonds is 21. The van der Waals surface area contributed by atoms with E-state index in [-0.39, 0.29) is 62.9 Å². The molecule has 3 aliphatic rings. The van der Waals surface area contributed by atoms with Gasteiger partial charge >= 0.3 is 6.09 Å². The van der Waals surface area contributed by atoms with Crippen molar-refractivity contribution in [1.29, 1.82) is 0 Å². The fourth-order valence-electron chi connectivity index (χ4n) is 9.06. The van der Waals surface area contributed by atoms with Gasteiger partial charge in [-0.3, -0.25) is 10.1 Å². The zero-order valence-electron chi connectivity index (χ0n) is 35.5. The molecule has 0 saturated heterocycles. The molecule has 3 aromatic rings. The van der Waals surface area contributed by atoms with Crippen molar-refractivity contribution in [2.75, 3.05) is 33.5 Å². The van der Waals surface area contributed by atoms with Crippen LogP contribution in [0.5, 0.6) is 17.2 Å². The van der Waals surface area contributed by atoms with E-state index in [4.69, 9.17) is 28.9 Å². The average Bonchev–Trinajstić information content (AvgIpc) is 3.25. The number of oxime groups is 1. The number of amides is 1. The van der Waals surface area contributed by atoms with Crippen LogP contribution in [0.25, 0.3) is 0 Å². The molecule has 13 heteroatoms. The number of ether oxygens (including phenoxy) is 4. The van der Waals surface area contributed by atoms with Crippen LogP contribution in [0.1, 0.15) is 79.5 Å². The lowest BCUT2D eigenvalue weighted by Crippen LogP contribution is -2.69. The Bertz CT molecular complexity index is 2080. The van der Waals surface area contributed by atoms with Crippen molar-refractivity contribution in [3.05, 3.63) is 130 Å². The molecule has 2 aliphatic carbocycles. The quantitative estimate of drug-likeness (QED) is 0.0457. The largest absolute Gasteiger partial charge is 0.459 e. The van der Waals surface area contributed by atoms with E-state index in [1.165, 1.54) is 17.0 Å². The normalized spacial score (nSPS) is 23.1. The number of aryl methyl sites for hydroxylation is 2. The highest BCUT2D eigenvalue weighted by Crippen LogP contribution is 2.62. The van der Waals surface area contributed by atoms with E-state index in [1.807, 2.05) is 30.3 Å². The van der Waals surface area contributed by atoms with Gasteiger partial charge in [-0.1, -0.05) is 42.3 Å². The van der Waals surface area contributed by atoms with Gasteiger partial charge in [0.15, 0.2) is 0 Å². The molecule has 1 fully saturated rings. The molecule has 1 saturated carbocycles. The zero-order valence-corrected chi connectivity index (χ0v) is 35.5. The molecule has 1 amide bonds. The number of hydrogen-bond acceptors (Lipinski definition) is 11. The van der Waals surface area contributed by atoms with Crippen LogP contribution in [0, 0.1) is 41.7 Å². The Morgan fingerprint density at radius 3 is 2.39 bits per heavy atom. The van der Waals surface area contributed by atoms with Crippen LogP contribution in [-0.4, -0.2) is 77.1 Å². The van der Waals surface area contributed by atoms with Crippen LogP contribution < -0.4 is 9.47 Å². The van der Waals surface area contributed by atoms with Crippen LogP contribution in [0.15, 0.2) is 103 Å². The molecule has 0 unspecified atom stereocenters. The van der Waals surface area contributed by atoms with Crippen LogP contribution in [0.4, 0.5) is 10.5 Å². The minimum absolute atomic E-state index is 0.0242. The summed E-state index contributed by atoms with van der Waals surface area (Å²) in [6.45, 7) is 12.3. The molecule has 6 atom stereocenters.